The lowest BCUT2D eigenvalue weighted by atomic mass is 9.92. The van der Waals surface area contributed by atoms with E-state index >= 15 is 0 Å². The number of hydrogen-bond acceptors (Lipinski definition) is 2. The summed E-state index contributed by atoms with van der Waals surface area (Å²) in [6, 6.07) is 87.8. The van der Waals surface area contributed by atoms with Gasteiger partial charge >= 0.3 is 0 Å². The quantitative estimate of drug-likeness (QED) is 0.145. The zero-order valence-corrected chi connectivity index (χ0v) is 37.4. The van der Waals surface area contributed by atoms with Gasteiger partial charge in [-0.05, 0) is 150 Å². The summed E-state index contributed by atoms with van der Waals surface area (Å²) in [4.78, 5) is 7.49. The fraction of sp³-hybridized carbons (Fsp3) is 0.0317. The highest BCUT2D eigenvalue weighted by Gasteiger charge is 2.18. The molecule has 0 saturated heterocycles. The Bertz CT molecular complexity index is 3630. The predicted molar refractivity (Wildman–Crippen MR) is 281 cm³/mol. The molecule has 0 amide bonds. The van der Waals surface area contributed by atoms with E-state index in [0.717, 1.165) is 84.2 Å². The minimum Gasteiger partial charge on any atom is -0.311 e. The molecule has 0 aliphatic heterocycles. The average molecular weight is 859 g/mol. The molecule has 10 aromatic carbocycles. The summed E-state index contributed by atoms with van der Waals surface area (Å²) in [6.45, 7) is 4.27. The zero-order valence-electron chi connectivity index (χ0n) is 37.4. The van der Waals surface area contributed by atoms with Crippen LogP contribution >= 0.6 is 0 Å². The Balaban J connectivity index is 0.982. The number of aromatic nitrogens is 3. The number of fused-ring (bicyclic) bond motifs is 4. The van der Waals surface area contributed by atoms with Crippen molar-refractivity contribution in [3.05, 3.63) is 254 Å². The Kier molecular flexibility index (Phi) is 9.92. The minimum atomic E-state index is 0.917. The molecule has 12 aromatic rings. The minimum absolute atomic E-state index is 0.917. The van der Waals surface area contributed by atoms with Gasteiger partial charge in [0.1, 0.15) is 5.82 Å². The Morgan fingerprint density at radius 2 is 0.761 bits per heavy atom. The van der Waals surface area contributed by atoms with Crippen LogP contribution in [0, 0.1) is 13.8 Å². The van der Waals surface area contributed by atoms with Gasteiger partial charge < -0.3 is 9.47 Å². The van der Waals surface area contributed by atoms with E-state index in [2.05, 4.69) is 271 Å². The molecule has 4 heteroatoms. The van der Waals surface area contributed by atoms with Gasteiger partial charge in [0.05, 0.1) is 22.1 Å². The van der Waals surface area contributed by atoms with Crippen LogP contribution in [0.25, 0.3) is 89.0 Å². The second-order valence-electron chi connectivity index (χ2n) is 17.4. The predicted octanol–water partition coefficient (Wildman–Crippen LogP) is 16.9. The number of benzene rings is 10. The first-order valence-electron chi connectivity index (χ1n) is 22.9. The van der Waals surface area contributed by atoms with Crippen molar-refractivity contribution in [2.45, 2.75) is 13.8 Å². The van der Waals surface area contributed by atoms with E-state index in [-0.39, 0.29) is 0 Å². The van der Waals surface area contributed by atoms with Crippen LogP contribution in [0.3, 0.4) is 0 Å². The Morgan fingerprint density at radius 1 is 0.313 bits per heavy atom. The number of aryl methyl sites for hydroxylation is 2. The largest absolute Gasteiger partial charge is 0.311 e. The lowest BCUT2D eigenvalue weighted by Gasteiger charge is -2.26. The van der Waals surface area contributed by atoms with Crippen molar-refractivity contribution >= 4 is 49.9 Å². The van der Waals surface area contributed by atoms with E-state index in [1.54, 1.807) is 0 Å². The van der Waals surface area contributed by atoms with Crippen LogP contribution in [0.2, 0.25) is 0 Å². The Labute approximate surface area is 390 Å². The van der Waals surface area contributed by atoms with Gasteiger partial charge in [-0.2, -0.15) is 0 Å². The van der Waals surface area contributed by atoms with E-state index in [1.165, 1.54) is 32.9 Å². The third kappa shape index (κ3) is 7.35. The standard InChI is InChI=1S/C63H46N4/c1-43-23-33-53(34-24-43)65(54-35-25-44(2)26-36-54)55-37-31-46(32-38-55)50-39-49(45-27-29-47(30-28-45)63-64-59-19-8-11-22-62(59)67(63)52-14-4-3-5-15-52)40-51(41-50)48-13-12-16-56(42-48)66-60-20-9-6-17-57(60)58-18-7-10-21-61(58)66/h3-42H,1-2H3. The summed E-state index contributed by atoms with van der Waals surface area (Å²) in [5.74, 6) is 0.917. The molecule has 0 atom stereocenters. The summed E-state index contributed by atoms with van der Waals surface area (Å²) in [5.41, 5.74) is 20.4. The number of rotatable bonds is 9. The van der Waals surface area contributed by atoms with Gasteiger partial charge in [-0.15, -0.1) is 0 Å². The first-order valence-corrected chi connectivity index (χ1v) is 22.9. The number of hydrogen-bond donors (Lipinski definition) is 0. The SMILES string of the molecule is Cc1ccc(N(c2ccc(C)cc2)c2ccc(-c3cc(-c4ccc(-c5nc6ccccc6n5-c5ccccc5)cc4)cc(-c4cccc(-n5c6ccccc6c6ccccc65)c4)c3)cc2)cc1. The van der Waals surface area contributed by atoms with Crippen molar-refractivity contribution in [1.29, 1.82) is 0 Å². The third-order valence-electron chi connectivity index (χ3n) is 13.0. The number of nitrogens with zero attached hydrogens (tertiary/aromatic N) is 4. The maximum absolute atomic E-state index is 5.16. The molecule has 0 bridgehead atoms. The molecule has 0 N–H and O–H groups in total. The van der Waals surface area contributed by atoms with E-state index in [1.807, 2.05) is 0 Å². The molecule has 0 radical (unpaired) electrons. The lowest BCUT2D eigenvalue weighted by Crippen LogP contribution is -2.09. The van der Waals surface area contributed by atoms with E-state index in [0.29, 0.717) is 0 Å². The van der Waals surface area contributed by atoms with Gasteiger partial charge in [0.2, 0.25) is 0 Å². The molecule has 12 rings (SSSR count). The first kappa shape index (κ1) is 39.8. The third-order valence-corrected chi connectivity index (χ3v) is 13.0. The van der Waals surface area contributed by atoms with Crippen LogP contribution in [-0.4, -0.2) is 14.1 Å². The van der Waals surface area contributed by atoms with Crippen LogP contribution < -0.4 is 4.90 Å². The molecule has 318 valence electrons. The lowest BCUT2D eigenvalue weighted by molar-refractivity contribution is 1.10. The van der Waals surface area contributed by atoms with E-state index < -0.39 is 0 Å². The van der Waals surface area contributed by atoms with Gasteiger partial charge in [-0.1, -0.05) is 151 Å². The second-order valence-corrected chi connectivity index (χ2v) is 17.4. The molecule has 0 fully saturated rings. The van der Waals surface area contributed by atoms with Crippen molar-refractivity contribution in [1.82, 2.24) is 14.1 Å². The fourth-order valence-corrected chi connectivity index (χ4v) is 9.66. The number of anilines is 3. The van der Waals surface area contributed by atoms with Crippen LogP contribution in [0.15, 0.2) is 243 Å². The highest BCUT2D eigenvalue weighted by atomic mass is 15.1. The molecule has 0 spiro atoms. The first-order chi connectivity index (χ1) is 33.0. The highest BCUT2D eigenvalue weighted by molar-refractivity contribution is 6.09. The summed E-state index contributed by atoms with van der Waals surface area (Å²) in [6.07, 6.45) is 0. The van der Waals surface area contributed by atoms with Gasteiger partial charge in [0.15, 0.2) is 0 Å². The van der Waals surface area contributed by atoms with E-state index in [9.17, 15) is 0 Å². The number of imidazole rings is 1. The molecular formula is C63H46N4. The molecule has 0 aliphatic carbocycles. The van der Waals surface area contributed by atoms with Crippen molar-refractivity contribution < 1.29 is 0 Å². The summed E-state index contributed by atoms with van der Waals surface area (Å²) in [5, 5.41) is 2.50. The molecule has 67 heavy (non-hydrogen) atoms. The average Bonchev–Trinajstić information content (AvgIpc) is 3.95. The highest BCUT2D eigenvalue weighted by Crippen LogP contribution is 2.40. The Hall–Kier alpha value is -8.73. The molecular weight excluding hydrogens is 813 g/mol. The van der Waals surface area contributed by atoms with Crippen LogP contribution in [0.5, 0.6) is 0 Å². The zero-order chi connectivity index (χ0) is 44.8. The van der Waals surface area contributed by atoms with Gasteiger partial charge in [-0.25, -0.2) is 4.98 Å². The molecule has 2 heterocycles. The molecule has 0 unspecified atom stereocenters. The van der Waals surface area contributed by atoms with Crippen LogP contribution in [0.1, 0.15) is 11.1 Å². The van der Waals surface area contributed by atoms with Crippen LogP contribution in [-0.2, 0) is 0 Å². The topological polar surface area (TPSA) is 26.0 Å². The second kappa shape index (κ2) is 16.7. The number of para-hydroxylation sites is 5. The fourth-order valence-electron chi connectivity index (χ4n) is 9.66. The molecule has 0 saturated carbocycles. The van der Waals surface area contributed by atoms with Crippen LogP contribution in [0.4, 0.5) is 17.1 Å². The molecule has 0 aliphatic rings. The normalized spacial score (nSPS) is 11.4. The summed E-state index contributed by atoms with van der Waals surface area (Å²) >= 11 is 0. The smallest absolute Gasteiger partial charge is 0.145 e. The molecule has 4 nitrogen and oxygen atoms in total. The van der Waals surface area contributed by atoms with Crippen molar-refractivity contribution in [3.63, 3.8) is 0 Å². The van der Waals surface area contributed by atoms with Gasteiger partial charge in [-0.3, -0.25) is 4.57 Å². The van der Waals surface area contributed by atoms with Crippen molar-refractivity contribution in [2.24, 2.45) is 0 Å². The van der Waals surface area contributed by atoms with E-state index in [4.69, 9.17) is 4.98 Å². The summed E-state index contributed by atoms with van der Waals surface area (Å²) in [7, 11) is 0. The van der Waals surface area contributed by atoms with Gasteiger partial charge in [0, 0.05) is 44.8 Å². The van der Waals surface area contributed by atoms with Gasteiger partial charge in [0.25, 0.3) is 0 Å². The monoisotopic (exact) mass is 858 g/mol. The maximum Gasteiger partial charge on any atom is 0.145 e. The Morgan fingerprint density at radius 3 is 1.34 bits per heavy atom. The van der Waals surface area contributed by atoms with Crippen molar-refractivity contribution in [2.75, 3.05) is 4.90 Å². The summed E-state index contributed by atoms with van der Waals surface area (Å²) < 4.78 is 4.66. The maximum atomic E-state index is 5.16. The van der Waals surface area contributed by atoms with Crippen molar-refractivity contribution in [3.8, 4) is 56.1 Å². The molecule has 2 aromatic heterocycles.